The lowest BCUT2D eigenvalue weighted by Crippen LogP contribution is -1.93. The molecule has 0 atom stereocenters. The number of rotatable bonds is 2. The molecule has 0 aliphatic rings. The van der Waals surface area contributed by atoms with Crippen LogP contribution in [0, 0.1) is 13.8 Å². The lowest BCUT2D eigenvalue weighted by Gasteiger charge is -2.14. The summed E-state index contributed by atoms with van der Waals surface area (Å²) in [5.41, 5.74) is 8.11. The lowest BCUT2D eigenvalue weighted by atomic mass is 9.93. The van der Waals surface area contributed by atoms with E-state index in [4.69, 9.17) is 4.98 Å². The quantitative estimate of drug-likeness (QED) is 0.395. The largest absolute Gasteiger partial charge is 0.247 e. The maximum atomic E-state index is 4.94. The highest BCUT2D eigenvalue weighted by Crippen LogP contribution is 2.36. The molecule has 0 saturated carbocycles. The van der Waals surface area contributed by atoms with E-state index in [0.29, 0.717) is 0 Å². The van der Waals surface area contributed by atoms with Crippen LogP contribution in [-0.2, 0) is 0 Å². The van der Waals surface area contributed by atoms with Crippen molar-refractivity contribution in [1.82, 2.24) is 4.98 Å². The number of benzene rings is 3. The van der Waals surface area contributed by atoms with Gasteiger partial charge in [0, 0.05) is 21.9 Å². The molecule has 0 aliphatic heterocycles. The maximum Gasteiger partial charge on any atom is 0.0790 e. The van der Waals surface area contributed by atoms with Crippen LogP contribution in [0.25, 0.3) is 39.0 Å². The number of nitrogens with zero attached hydrogens (tertiary/aromatic N) is 1. The van der Waals surface area contributed by atoms with Gasteiger partial charge in [-0.25, -0.2) is 4.98 Å². The number of pyridine rings is 1. The monoisotopic (exact) mass is 309 g/mol. The van der Waals surface area contributed by atoms with Gasteiger partial charge in [0.1, 0.15) is 0 Å². The SMILES string of the molecule is C=Cc1c(C)ccc2c(-c3ccc(C)cc3)c3ccccc3nc12. The first-order valence-electron chi connectivity index (χ1n) is 8.20. The summed E-state index contributed by atoms with van der Waals surface area (Å²) >= 11 is 0. The van der Waals surface area contributed by atoms with E-state index in [9.17, 15) is 0 Å². The number of para-hydroxylation sites is 1. The molecule has 4 aromatic rings. The van der Waals surface area contributed by atoms with E-state index in [-0.39, 0.29) is 0 Å². The molecule has 0 spiro atoms. The van der Waals surface area contributed by atoms with Gasteiger partial charge in [0.2, 0.25) is 0 Å². The molecule has 0 amide bonds. The minimum Gasteiger partial charge on any atom is -0.247 e. The molecule has 0 aliphatic carbocycles. The van der Waals surface area contributed by atoms with Crippen molar-refractivity contribution in [3.63, 3.8) is 0 Å². The number of aromatic nitrogens is 1. The second-order valence-corrected chi connectivity index (χ2v) is 6.27. The molecule has 1 heteroatoms. The minimum atomic E-state index is 1.02. The summed E-state index contributed by atoms with van der Waals surface area (Å²) in [6.45, 7) is 8.22. The summed E-state index contributed by atoms with van der Waals surface area (Å²) in [5.74, 6) is 0. The molecule has 0 saturated heterocycles. The van der Waals surface area contributed by atoms with E-state index in [1.54, 1.807) is 0 Å². The fraction of sp³-hybridized carbons (Fsp3) is 0.0870. The van der Waals surface area contributed by atoms with Gasteiger partial charge in [0.15, 0.2) is 0 Å². The third-order valence-corrected chi connectivity index (χ3v) is 4.65. The zero-order valence-electron chi connectivity index (χ0n) is 14.0. The molecule has 0 unspecified atom stereocenters. The predicted molar refractivity (Wildman–Crippen MR) is 104 cm³/mol. The zero-order valence-corrected chi connectivity index (χ0v) is 14.0. The average molecular weight is 309 g/mol. The van der Waals surface area contributed by atoms with E-state index in [1.165, 1.54) is 33.0 Å². The fourth-order valence-electron chi connectivity index (χ4n) is 3.37. The predicted octanol–water partition coefficient (Wildman–Crippen LogP) is 6.31. The number of hydrogen-bond donors (Lipinski definition) is 0. The third kappa shape index (κ3) is 2.21. The Hall–Kier alpha value is -2.93. The Morgan fingerprint density at radius 3 is 2.33 bits per heavy atom. The molecule has 0 radical (unpaired) electrons. The lowest BCUT2D eigenvalue weighted by molar-refractivity contribution is 1.42. The van der Waals surface area contributed by atoms with Crippen molar-refractivity contribution in [2.45, 2.75) is 13.8 Å². The first-order chi connectivity index (χ1) is 11.7. The molecule has 1 heterocycles. The number of hydrogen-bond acceptors (Lipinski definition) is 1. The summed E-state index contributed by atoms with van der Waals surface area (Å²) in [6.07, 6.45) is 1.92. The highest BCUT2D eigenvalue weighted by Gasteiger charge is 2.13. The summed E-state index contributed by atoms with van der Waals surface area (Å²) in [5, 5.41) is 2.37. The second kappa shape index (κ2) is 5.61. The Balaban J connectivity index is 2.22. The van der Waals surface area contributed by atoms with Gasteiger partial charge >= 0.3 is 0 Å². The van der Waals surface area contributed by atoms with Gasteiger partial charge in [-0.15, -0.1) is 0 Å². The first-order valence-corrected chi connectivity index (χ1v) is 8.20. The molecule has 116 valence electrons. The van der Waals surface area contributed by atoms with Crippen LogP contribution in [0.1, 0.15) is 16.7 Å². The average Bonchev–Trinajstić information content (AvgIpc) is 2.61. The molecule has 0 bridgehead atoms. The fourth-order valence-corrected chi connectivity index (χ4v) is 3.37. The van der Waals surface area contributed by atoms with E-state index < -0.39 is 0 Å². The Morgan fingerprint density at radius 2 is 1.58 bits per heavy atom. The van der Waals surface area contributed by atoms with Gasteiger partial charge in [-0.2, -0.15) is 0 Å². The van der Waals surface area contributed by atoms with Crippen LogP contribution < -0.4 is 0 Å². The van der Waals surface area contributed by atoms with Gasteiger partial charge < -0.3 is 0 Å². The molecule has 1 aromatic heterocycles. The first kappa shape index (κ1) is 14.6. The Kier molecular flexibility index (Phi) is 3.42. The van der Waals surface area contributed by atoms with Gasteiger partial charge in [0.05, 0.1) is 11.0 Å². The van der Waals surface area contributed by atoms with Crippen LogP contribution in [-0.4, -0.2) is 4.98 Å². The molecule has 1 nitrogen and oxygen atoms in total. The summed E-state index contributed by atoms with van der Waals surface area (Å²) in [4.78, 5) is 4.94. The third-order valence-electron chi connectivity index (χ3n) is 4.65. The second-order valence-electron chi connectivity index (χ2n) is 6.27. The smallest absolute Gasteiger partial charge is 0.0790 e. The molecule has 3 aromatic carbocycles. The normalized spacial score (nSPS) is 11.1. The van der Waals surface area contributed by atoms with E-state index >= 15 is 0 Å². The van der Waals surface area contributed by atoms with Crippen LogP contribution in [0.4, 0.5) is 0 Å². The van der Waals surface area contributed by atoms with Gasteiger partial charge in [-0.3, -0.25) is 0 Å². The Labute approximate surface area is 142 Å². The number of aryl methyl sites for hydroxylation is 2. The minimum absolute atomic E-state index is 1.02. The standard InChI is InChI=1S/C23H19N/c1-4-18-16(3)11-14-20-22(17-12-9-15(2)10-13-17)19-7-5-6-8-21(19)24-23(18)20/h4-14H,1H2,2-3H3. The molecular weight excluding hydrogens is 290 g/mol. The molecular formula is C23H19N. The molecule has 0 fully saturated rings. The van der Waals surface area contributed by atoms with Crippen molar-refractivity contribution >= 4 is 27.9 Å². The highest BCUT2D eigenvalue weighted by molar-refractivity contribution is 6.11. The van der Waals surface area contributed by atoms with Crippen molar-refractivity contribution in [2.75, 3.05) is 0 Å². The maximum absolute atomic E-state index is 4.94. The van der Waals surface area contributed by atoms with Crippen molar-refractivity contribution in [1.29, 1.82) is 0 Å². The van der Waals surface area contributed by atoms with Crippen LogP contribution in [0.15, 0.2) is 67.2 Å². The van der Waals surface area contributed by atoms with Gasteiger partial charge in [0.25, 0.3) is 0 Å². The summed E-state index contributed by atoms with van der Waals surface area (Å²) in [6, 6.07) is 21.4. The number of fused-ring (bicyclic) bond motifs is 2. The Morgan fingerprint density at radius 1 is 0.833 bits per heavy atom. The van der Waals surface area contributed by atoms with Crippen LogP contribution in [0.5, 0.6) is 0 Å². The summed E-state index contributed by atoms with van der Waals surface area (Å²) < 4.78 is 0. The van der Waals surface area contributed by atoms with Gasteiger partial charge in [-0.1, -0.05) is 72.8 Å². The van der Waals surface area contributed by atoms with Gasteiger partial charge in [-0.05, 0) is 31.0 Å². The highest BCUT2D eigenvalue weighted by atomic mass is 14.7. The molecule has 4 rings (SSSR count). The van der Waals surface area contributed by atoms with Crippen molar-refractivity contribution in [3.8, 4) is 11.1 Å². The Bertz CT molecular complexity index is 1070. The van der Waals surface area contributed by atoms with Crippen molar-refractivity contribution < 1.29 is 0 Å². The van der Waals surface area contributed by atoms with Crippen molar-refractivity contribution in [3.05, 3.63) is 83.9 Å². The van der Waals surface area contributed by atoms with Crippen LogP contribution in [0.3, 0.4) is 0 Å². The van der Waals surface area contributed by atoms with E-state index in [1.807, 2.05) is 12.1 Å². The summed E-state index contributed by atoms with van der Waals surface area (Å²) in [7, 11) is 0. The van der Waals surface area contributed by atoms with Crippen LogP contribution in [0.2, 0.25) is 0 Å². The molecule has 0 N–H and O–H groups in total. The van der Waals surface area contributed by atoms with E-state index in [0.717, 1.165) is 16.6 Å². The topological polar surface area (TPSA) is 12.9 Å². The molecule has 24 heavy (non-hydrogen) atoms. The zero-order chi connectivity index (χ0) is 16.7. The van der Waals surface area contributed by atoms with Crippen molar-refractivity contribution in [2.24, 2.45) is 0 Å². The van der Waals surface area contributed by atoms with Crippen LogP contribution >= 0.6 is 0 Å². The van der Waals surface area contributed by atoms with E-state index in [2.05, 4.69) is 75.0 Å².